The highest BCUT2D eigenvalue weighted by atomic mass is 16.5. The highest BCUT2D eigenvalue weighted by Crippen LogP contribution is 2.27. The van der Waals surface area contributed by atoms with Crippen molar-refractivity contribution < 1.29 is 9.32 Å². The fraction of sp³-hybridized carbons (Fsp3) is 0.296. The summed E-state index contributed by atoms with van der Waals surface area (Å²) in [6.07, 6.45) is 5.54. The minimum Gasteiger partial charge on any atom is -0.337 e. The number of aromatic nitrogens is 2. The summed E-state index contributed by atoms with van der Waals surface area (Å²) in [7, 11) is 0. The number of nitrogens with zero attached hydrogens (tertiary/aromatic N) is 3. The molecular weight excluding hydrogens is 398 g/mol. The van der Waals surface area contributed by atoms with E-state index in [9.17, 15) is 4.79 Å². The number of carbonyl (C=O) groups is 1. The largest absolute Gasteiger partial charge is 0.337 e. The molecule has 1 aliphatic rings. The van der Waals surface area contributed by atoms with Crippen LogP contribution in [-0.2, 0) is 6.54 Å². The van der Waals surface area contributed by atoms with E-state index in [1.807, 2.05) is 72.5 Å². The molecule has 4 aromatic rings. The minimum absolute atomic E-state index is 0.0259. The van der Waals surface area contributed by atoms with E-state index >= 15 is 0 Å². The number of rotatable bonds is 5. The topological polar surface area (TPSA) is 59.2 Å². The van der Waals surface area contributed by atoms with E-state index in [2.05, 4.69) is 16.2 Å². The molecule has 1 heterocycles. The Morgan fingerprint density at radius 2 is 1.78 bits per heavy atom. The van der Waals surface area contributed by atoms with E-state index in [-0.39, 0.29) is 11.9 Å². The summed E-state index contributed by atoms with van der Waals surface area (Å²) >= 11 is 0. The Morgan fingerprint density at radius 1 is 0.969 bits per heavy atom. The van der Waals surface area contributed by atoms with E-state index < -0.39 is 0 Å². The van der Waals surface area contributed by atoms with Gasteiger partial charge in [-0.2, -0.15) is 4.98 Å². The Labute approximate surface area is 188 Å². The molecule has 162 valence electrons. The zero-order chi connectivity index (χ0) is 21.9. The third kappa shape index (κ3) is 4.28. The van der Waals surface area contributed by atoms with Crippen LogP contribution in [0.25, 0.3) is 22.2 Å². The van der Waals surface area contributed by atoms with Crippen LogP contribution in [0, 0.1) is 6.92 Å². The highest BCUT2D eigenvalue weighted by molar-refractivity contribution is 5.98. The first-order valence-electron chi connectivity index (χ1n) is 11.4. The molecule has 0 unspecified atom stereocenters. The molecule has 3 aromatic carbocycles. The molecule has 1 aromatic heterocycles. The molecule has 0 radical (unpaired) electrons. The van der Waals surface area contributed by atoms with E-state index in [4.69, 9.17) is 4.52 Å². The molecule has 0 aliphatic heterocycles. The monoisotopic (exact) mass is 425 g/mol. The molecule has 32 heavy (non-hydrogen) atoms. The molecule has 0 bridgehead atoms. The summed E-state index contributed by atoms with van der Waals surface area (Å²) in [5.41, 5.74) is 2.77. The first-order chi connectivity index (χ1) is 15.7. The van der Waals surface area contributed by atoms with Gasteiger partial charge in [0.25, 0.3) is 5.91 Å². The second-order valence-corrected chi connectivity index (χ2v) is 8.67. The van der Waals surface area contributed by atoms with Crippen molar-refractivity contribution in [1.82, 2.24) is 15.0 Å². The molecule has 5 rings (SSSR count). The average Bonchev–Trinajstić information content (AvgIpc) is 3.31. The third-order valence-corrected chi connectivity index (χ3v) is 6.32. The molecular formula is C27H27N3O2. The van der Waals surface area contributed by atoms with Gasteiger partial charge in [0.1, 0.15) is 6.54 Å². The lowest BCUT2D eigenvalue weighted by Gasteiger charge is -2.33. The molecule has 0 spiro atoms. The molecule has 1 saturated carbocycles. The van der Waals surface area contributed by atoms with Gasteiger partial charge in [0.15, 0.2) is 0 Å². The quantitative estimate of drug-likeness (QED) is 0.383. The van der Waals surface area contributed by atoms with Gasteiger partial charge in [-0.3, -0.25) is 4.79 Å². The summed E-state index contributed by atoms with van der Waals surface area (Å²) in [5.74, 6) is 1.06. The SMILES string of the molecule is Cc1cccc(-c2noc(CN(C(=O)c3ccc4ccccc4c3)C3CCCCC3)n2)c1. The van der Waals surface area contributed by atoms with Crippen molar-refractivity contribution in [2.75, 3.05) is 0 Å². The maximum absolute atomic E-state index is 13.6. The van der Waals surface area contributed by atoms with E-state index in [1.54, 1.807) is 0 Å². The van der Waals surface area contributed by atoms with Crippen LogP contribution in [0.15, 0.2) is 71.3 Å². The van der Waals surface area contributed by atoms with Crippen molar-refractivity contribution in [3.63, 3.8) is 0 Å². The normalized spacial score (nSPS) is 14.5. The van der Waals surface area contributed by atoms with E-state index in [1.165, 1.54) is 6.42 Å². The maximum Gasteiger partial charge on any atom is 0.254 e. The minimum atomic E-state index is 0.0259. The Bertz CT molecular complexity index is 1240. The van der Waals surface area contributed by atoms with Gasteiger partial charge in [-0.15, -0.1) is 0 Å². The fourth-order valence-electron chi connectivity index (χ4n) is 4.61. The van der Waals surface area contributed by atoms with Gasteiger partial charge in [0.2, 0.25) is 11.7 Å². The van der Waals surface area contributed by atoms with Crippen LogP contribution < -0.4 is 0 Å². The number of carbonyl (C=O) groups excluding carboxylic acids is 1. The van der Waals surface area contributed by atoms with Crippen molar-refractivity contribution in [2.45, 2.75) is 51.6 Å². The predicted octanol–water partition coefficient (Wildman–Crippen LogP) is 6.17. The van der Waals surface area contributed by atoms with Crippen LogP contribution in [0.3, 0.4) is 0 Å². The van der Waals surface area contributed by atoms with Crippen molar-refractivity contribution >= 4 is 16.7 Å². The number of aryl methyl sites for hydroxylation is 1. The second-order valence-electron chi connectivity index (χ2n) is 8.67. The smallest absolute Gasteiger partial charge is 0.254 e. The first-order valence-corrected chi connectivity index (χ1v) is 11.4. The van der Waals surface area contributed by atoms with Crippen molar-refractivity contribution in [3.8, 4) is 11.4 Å². The Kier molecular flexibility index (Phi) is 5.71. The summed E-state index contributed by atoms with van der Waals surface area (Å²) in [5, 5.41) is 6.38. The first kappa shape index (κ1) is 20.4. The van der Waals surface area contributed by atoms with Crippen molar-refractivity contribution in [1.29, 1.82) is 0 Å². The van der Waals surface area contributed by atoms with Gasteiger partial charge in [-0.05, 0) is 48.7 Å². The molecule has 1 fully saturated rings. The van der Waals surface area contributed by atoms with Gasteiger partial charge in [-0.1, -0.05) is 78.5 Å². The van der Waals surface area contributed by atoms with E-state index in [0.29, 0.717) is 23.8 Å². The van der Waals surface area contributed by atoms with Gasteiger partial charge in [0.05, 0.1) is 0 Å². The summed E-state index contributed by atoms with van der Waals surface area (Å²) < 4.78 is 5.58. The number of amides is 1. The second kappa shape index (κ2) is 8.95. The highest BCUT2D eigenvalue weighted by Gasteiger charge is 2.28. The summed E-state index contributed by atoms with van der Waals surface area (Å²) in [6, 6.07) is 22.3. The zero-order valence-corrected chi connectivity index (χ0v) is 18.3. The molecule has 1 aliphatic carbocycles. The molecule has 0 N–H and O–H groups in total. The molecule has 0 atom stereocenters. The number of fused-ring (bicyclic) bond motifs is 1. The van der Waals surface area contributed by atoms with Gasteiger partial charge in [-0.25, -0.2) is 0 Å². The Balaban J connectivity index is 1.44. The average molecular weight is 426 g/mol. The van der Waals surface area contributed by atoms with Crippen LogP contribution in [0.4, 0.5) is 0 Å². The van der Waals surface area contributed by atoms with Crippen LogP contribution in [0.1, 0.15) is 53.9 Å². The summed E-state index contributed by atoms with van der Waals surface area (Å²) in [6.45, 7) is 2.37. The Morgan fingerprint density at radius 3 is 2.59 bits per heavy atom. The third-order valence-electron chi connectivity index (χ3n) is 6.32. The standard InChI is InChI=1S/C27H27N3O2/c1-19-8-7-11-22(16-19)26-28-25(32-29-26)18-30(24-12-3-2-4-13-24)27(31)23-15-14-20-9-5-6-10-21(20)17-23/h5-11,14-17,24H,2-4,12-13,18H2,1H3. The van der Waals surface area contributed by atoms with Gasteiger partial charge >= 0.3 is 0 Å². The maximum atomic E-state index is 13.6. The number of hydrogen-bond donors (Lipinski definition) is 0. The molecule has 5 nitrogen and oxygen atoms in total. The van der Waals surface area contributed by atoms with Gasteiger partial charge in [0, 0.05) is 17.2 Å². The lowest BCUT2D eigenvalue weighted by atomic mass is 9.93. The van der Waals surface area contributed by atoms with Crippen molar-refractivity contribution in [2.24, 2.45) is 0 Å². The van der Waals surface area contributed by atoms with Crippen LogP contribution in [0.2, 0.25) is 0 Å². The lowest BCUT2D eigenvalue weighted by Crippen LogP contribution is -2.41. The van der Waals surface area contributed by atoms with E-state index in [0.717, 1.165) is 47.6 Å². The van der Waals surface area contributed by atoms with Crippen molar-refractivity contribution in [3.05, 3.63) is 83.7 Å². The number of benzene rings is 3. The molecule has 0 saturated heterocycles. The lowest BCUT2D eigenvalue weighted by molar-refractivity contribution is 0.0586. The molecule has 1 amide bonds. The van der Waals surface area contributed by atoms with Crippen LogP contribution >= 0.6 is 0 Å². The number of hydrogen-bond acceptors (Lipinski definition) is 4. The summed E-state index contributed by atoms with van der Waals surface area (Å²) in [4.78, 5) is 20.2. The molecule has 5 heteroatoms. The van der Waals surface area contributed by atoms with Crippen LogP contribution in [0.5, 0.6) is 0 Å². The van der Waals surface area contributed by atoms with Crippen LogP contribution in [-0.4, -0.2) is 27.0 Å². The zero-order valence-electron chi connectivity index (χ0n) is 18.3. The van der Waals surface area contributed by atoms with Gasteiger partial charge < -0.3 is 9.42 Å². The fourth-order valence-corrected chi connectivity index (χ4v) is 4.61. The predicted molar refractivity (Wildman–Crippen MR) is 125 cm³/mol. The Hall–Kier alpha value is -3.47.